The number of aliphatic hydroxyl groups is 4. The summed E-state index contributed by atoms with van der Waals surface area (Å²) in [6.07, 6.45) is -1.73. The lowest BCUT2D eigenvalue weighted by Crippen LogP contribution is -2.59. The number of ether oxygens (including phenoxy) is 2. The molecule has 0 saturated carbocycles. The molecule has 1 aliphatic heterocycles. The average molecular weight is 330 g/mol. The molecule has 7 heteroatoms. The van der Waals surface area contributed by atoms with E-state index in [1.807, 2.05) is 6.08 Å². The first-order valence-corrected chi connectivity index (χ1v) is 7.61. The topological polar surface area (TPSA) is 116 Å². The predicted octanol–water partition coefficient (Wildman–Crippen LogP) is -0.325. The summed E-state index contributed by atoms with van der Waals surface area (Å²) in [7, 11) is 0. The van der Waals surface area contributed by atoms with Crippen molar-refractivity contribution < 1.29 is 34.7 Å². The molecule has 0 aliphatic carbocycles. The van der Waals surface area contributed by atoms with Crippen molar-refractivity contribution in [1.29, 1.82) is 0 Å². The molecule has 0 aromatic carbocycles. The Morgan fingerprint density at radius 1 is 1.22 bits per heavy atom. The van der Waals surface area contributed by atoms with Gasteiger partial charge in [-0.2, -0.15) is 0 Å². The van der Waals surface area contributed by atoms with Crippen LogP contribution in [0.5, 0.6) is 0 Å². The van der Waals surface area contributed by atoms with Crippen LogP contribution in [-0.4, -0.2) is 70.6 Å². The molecule has 0 amide bonds. The lowest BCUT2D eigenvalue weighted by molar-refractivity contribution is -0.300. The zero-order chi connectivity index (χ0) is 17.4. The second kappa shape index (κ2) is 9.92. The zero-order valence-corrected chi connectivity index (χ0v) is 13.3. The molecule has 0 bridgehead atoms. The molecule has 0 radical (unpaired) electrons. The van der Waals surface area contributed by atoms with Gasteiger partial charge in [0.2, 0.25) is 0 Å². The largest absolute Gasteiger partial charge is 0.394 e. The van der Waals surface area contributed by atoms with Gasteiger partial charge in [-0.3, -0.25) is 4.79 Å². The van der Waals surface area contributed by atoms with Crippen LogP contribution in [0.25, 0.3) is 0 Å². The highest BCUT2D eigenvalue weighted by molar-refractivity contribution is 5.71. The monoisotopic (exact) mass is 330 g/mol. The van der Waals surface area contributed by atoms with Crippen molar-refractivity contribution >= 4 is 6.29 Å². The maximum absolute atomic E-state index is 10.5. The Morgan fingerprint density at radius 3 is 2.52 bits per heavy atom. The van der Waals surface area contributed by atoms with Crippen molar-refractivity contribution in [2.75, 3.05) is 13.2 Å². The van der Waals surface area contributed by atoms with Crippen molar-refractivity contribution in [3.8, 4) is 0 Å². The lowest BCUT2D eigenvalue weighted by Gasteiger charge is -2.39. The van der Waals surface area contributed by atoms with E-state index in [0.29, 0.717) is 24.8 Å². The highest BCUT2D eigenvalue weighted by Gasteiger charge is 2.43. The standard InChI is InChI=1S/C16H26O7/c1-10(4-3-5-11(2)8-17)6-7-22-16-15(21)14(20)13(19)12(9-18)23-16/h5,8,12-16,18-21H,1,3-4,6-7,9H2,2H3/b11-5+/t12-,13-,14+,15+,16+/m1/s1. The van der Waals surface area contributed by atoms with E-state index in [1.54, 1.807) is 6.92 Å². The van der Waals surface area contributed by atoms with E-state index < -0.39 is 37.3 Å². The number of allylic oxidation sites excluding steroid dienone is 2. The first-order chi connectivity index (χ1) is 10.9. The molecule has 0 aromatic heterocycles. The molecule has 5 atom stereocenters. The van der Waals surface area contributed by atoms with E-state index in [-0.39, 0.29) is 6.61 Å². The smallest absolute Gasteiger partial charge is 0.186 e. The molecule has 0 aromatic rings. The van der Waals surface area contributed by atoms with Crippen molar-refractivity contribution in [1.82, 2.24) is 0 Å². The Kier molecular flexibility index (Phi) is 8.60. The minimum Gasteiger partial charge on any atom is -0.394 e. The summed E-state index contributed by atoms with van der Waals surface area (Å²) in [4.78, 5) is 10.5. The van der Waals surface area contributed by atoms with Crippen LogP contribution in [0.2, 0.25) is 0 Å². The molecule has 1 aliphatic rings. The number of hydrogen-bond acceptors (Lipinski definition) is 7. The van der Waals surface area contributed by atoms with Crippen LogP contribution < -0.4 is 0 Å². The number of hydrogen-bond donors (Lipinski definition) is 4. The third-order valence-electron chi connectivity index (χ3n) is 3.74. The fourth-order valence-electron chi connectivity index (χ4n) is 2.20. The van der Waals surface area contributed by atoms with E-state index in [4.69, 9.17) is 14.6 Å². The van der Waals surface area contributed by atoms with Crippen molar-refractivity contribution in [2.45, 2.75) is 56.9 Å². The molecule has 0 unspecified atom stereocenters. The first-order valence-electron chi connectivity index (χ1n) is 7.61. The Labute approximate surface area is 135 Å². The maximum atomic E-state index is 10.5. The summed E-state index contributed by atoms with van der Waals surface area (Å²) in [5, 5.41) is 38.2. The van der Waals surface area contributed by atoms with E-state index in [1.165, 1.54) is 0 Å². The summed E-state index contributed by atoms with van der Waals surface area (Å²) in [6, 6.07) is 0. The molecule has 1 rings (SSSR count). The summed E-state index contributed by atoms with van der Waals surface area (Å²) in [5.41, 5.74) is 1.60. The van der Waals surface area contributed by atoms with Crippen LogP contribution in [0.1, 0.15) is 26.2 Å². The Morgan fingerprint density at radius 2 is 1.91 bits per heavy atom. The lowest BCUT2D eigenvalue weighted by atomic mass is 9.99. The number of aldehydes is 1. The molecule has 1 fully saturated rings. The molecule has 0 spiro atoms. The van der Waals surface area contributed by atoms with Gasteiger partial charge in [0.25, 0.3) is 0 Å². The van der Waals surface area contributed by atoms with Gasteiger partial charge in [0.05, 0.1) is 13.2 Å². The first kappa shape index (κ1) is 20.0. The molecule has 4 N–H and O–H groups in total. The zero-order valence-electron chi connectivity index (χ0n) is 13.3. The molecular formula is C16H26O7. The van der Waals surface area contributed by atoms with Crippen LogP contribution in [-0.2, 0) is 14.3 Å². The van der Waals surface area contributed by atoms with Gasteiger partial charge in [0.15, 0.2) is 6.29 Å². The summed E-state index contributed by atoms with van der Waals surface area (Å²) >= 11 is 0. The molecule has 132 valence electrons. The summed E-state index contributed by atoms with van der Waals surface area (Å²) < 4.78 is 10.6. The molecular weight excluding hydrogens is 304 g/mol. The van der Waals surface area contributed by atoms with Gasteiger partial charge in [0.1, 0.15) is 30.7 Å². The number of rotatable bonds is 9. The third-order valence-corrected chi connectivity index (χ3v) is 3.74. The molecule has 7 nitrogen and oxygen atoms in total. The SMILES string of the molecule is C=C(CC/C=C(\C)C=O)CCO[C@H]1O[C@H](CO)[C@@H](O)[C@H](O)[C@@H]1O. The fourth-order valence-corrected chi connectivity index (χ4v) is 2.20. The van der Waals surface area contributed by atoms with Crippen LogP contribution in [0.3, 0.4) is 0 Å². The second-order valence-corrected chi connectivity index (χ2v) is 5.67. The van der Waals surface area contributed by atoms with Crippen molar-refractivity contribution in [3.05, 3.63) is 23.8 Å². The minimum absolute atomic E-state index is 0.220. The summed E-state index contributed by atoms with van der Waals surface area (Å²) in [5.74, 6) is 0. The van der Waals surface area contributed by atoms with Gasteiger partial charge in [-0.25, -0.2) is 0 Å². The molecule has 1 heterocycles. The molecule has 23 heavy (non-hydrogen) atoms. The van der Waals surface area contributed by atoms with E-state index in [9.17, 15) is 20.1 Å². The normalized spacial score (nSPS) is 31.9. The van der Waals surface area contributed by atoms with E-state index in [2.05, 4.69) is 6.58 Å². The average Bonchev–Trinajstić information content (AvgIpc) is 2.54. The van der Waals surface area contributed by atoms with Crippen molar-refractivity contribution in [3.63, 3.8) is 0 Å². The number of carbonyl (C=O) groups is 1. The Bertz CT molecular complexity index is 419. The van der Waals surface area contributed by atoms with Gasteiger partial charge >= 0.3 is 0 Å². The van der Waals surface area contributed by atoms with Gasteiger partial charge < -0.3 is 29.9 Å². The van der Waals surface area contributed by atoms with E-state index >= 15 is 0 Å². The number of carbonyl (C=O) groups excluding carboxylic acids is 1. The van der Waals surface area contributed by atoms with Crippen LogP contribution >= 0.6 is 0 Å². The predicted molar refractivity (Wildman–Crippen MR) is 82.5 cm³/mol. The third kappa shape index (κ3) is 6.14. The van der Waals surface area contributed by atoms with E-state index in [0.717, 1.165) is 11.9 Å². The van der Waals surface area contributed by atoms with Gasteiger partial charge in [-0.05, 0) is 31.8 Å². The van der Waals surface area contributed by atoms with Crippen LogP contribution in [0.4, 0.5) is 0 Å². The fraction of sp³-hybridized carbons (Fsp3) is 0.688. The van der Waals surface area contributed by atoms with Crippen molar-refractivity contribution in [2.24, 2.45) is 0 Å². The Hall–Kier alpha value is -1.09. The molecule has 1 saturated heterocycles. The van der Waals surface area contributed by atoms with Crippen LogP contribution in [0, 0.1) is 0 Å². The van der Waals surface area contributed by atoms with Gasteiger partial charge in [-0.15, -0.1) is 0 Å². The maximum Gasteiger partial charge on any atom is 0.186 e. The van der Waals surface area contributed by atoms with Gasteiger partial charge in [-0.1, -0.05) is 18.2 Å². The Balaban J connectivity index is 2.34. The van der Waals surface area contributed by atoms with Crippen LogP contribution in [0.15, 0.2) is 23.8 Å². The quantitative estimate of drug-likeness (QED) is 0.260. The highest BCUT2D eigenvalue weighted by atomic mass is 16.7. The highest BCUT2D eigenvalue weighted by Crippen LogP contribution is 2.22. The summed E-state index contributed by atoms with van der Waals surface area (Å²) in [6.45, 7) is 5.37. The number of aliphatic hydroxyl groups excluding tert-OH is 4. The van der Waals surface area contributed by atoms with Gasteiger partial charge in [0, 0.05) is 0 Å². The second-order valence-electron chi connectivity index (χ2n) is 5.67. The minimum atomic E-state index is -1.44.